The van der Waals surface area contributed by atoms with Crippen LogP contribution >= 0.6 is 22.7 Å². The number of carbonyl (C=O) groups excluding carboxylic acids is 1. The number of aromatic nitrogens is 1. The Labute approximate surface area is 117 Å². The predicted molar refractivity (Wildman–Crippen MR) is 75.6 cm³/mol. The summed E-state index contributed by atoms with van der Waals surface area (Å²) in [6.45, 7) is 2.00. The lowest BCUT2D eigenvalue weighted by Crippen LogP contribution is -2.05. The Morgan fingerprint density at radius 1 is 1.47 bits per heavy atom. The van der Waals surface area contributed by atoms with Crippen LogP contribution in [0, 0.1) is 0 Å². The molecule has 0 aliphatic carbocycles. The van der Waals surface area contributed by atoms with Crippen LogP contribution in [-0.4, -0.2) is 28.4 Å². The number of carbonyl (C=O) groups is 2. The second kappa shape index (κ2) is 5.94. The minimum absolute atomic E-state index is 0.171. The number of thiazole rings is 1. The van der Waals surface area contributed by atoms with E-state index in [0.717, 1.165) is 17.8 Å². The fraction of sp³-hybridized carbons (Fsp3) is 0.250. The molecule has 2 heterocycles. The average molecular weight is 296 g/mol. The summed E-state index contributed by atoms with van der Waals surface area (Å²) in [4.78, 5) is 26.4. The van der Waals surface area contributed by atoms with E-state index >= 15 is 0 Å². The Balaban J connectivity index is 2.02. The van der Waals surface area contributed by atoms with Gasteiger partial charge in [-0.1, -0.05) is 11.3 Å². The highest BCUT2D eigenvalue weighted by Gasteiger charge is 2.20. The second-order valence-corrected chi connectivity index (χ2v) is 5.65. The van der Waals surface area contributed by atoms with Gasteiger partial charge in [-0.25, -0.2) is 9.78 Å². The van der Waals surface area contributed by atoms with Crippen LogP contribution in [0.1, 0.15) is 32.6 Å². The van der Waals surface area contributed by atoms with Crippen LogP contribution in [0.25, 0.3) is 0 Å². The molecule has 0 fully saturated rings. The van der Waals surface area contributed by atoms with Crippen LogP contribution in [-0.2, 0) is 6.42 Å². The van der Waals surface area contributed by atoms with Crippen molar-refractivity contribution >= 4 is 39.6 Å². The monoisotopic (exact) mass is 296 g/mol. The zero-order valence-electron chi connectivity index (χ0n) is 10.2. The van der Waals surface area contributed by atoms with Crippen LogP contribution < -0.4 is 5.32 Å². The third-order valence-electron chi connectivity index (χ3n) is 2.42. The molecule has 0 atom stereocenters. The highest BCUT2D eigenvalue weighted by atomic mass is 32.1. The first-order valence-electron chi connectivity index (χ1n) is 5.58. The number of Topliss-reactive ketones (excluding diaryl/α,β-unsaturated/α-hetero) is 1. The second-order valence-electron chi connectivity index (χ2n) is 3.87. The standard InChI is InChI=1S/C12H12N2O3S2/c1-7(15)10-9(11(16)17)14-12(19-10)13-4-2-8-3-5-18-6-8/h3,5-6H,2,4H2,1H3,(H,13,14)(H,16,17). The van der Waals surface area contributed by atoms with Crippen LogP contribution in [0.4, 0.5) is 5.13 Å². The number of nitrogens with zero attached hydrogens (tertiary/aromatic N) is 1. The largest absolute Gasteiger partial charge is 0.476 e. The molecule has 0 saturated heterocycles. The number of aromatic carboxylic acids is 1. The molecule has 100 valence electrons. The van der Waals surface area contributed by atoms with E-state index in [-0.39, 0.29) is 16.4 Å². The summed E-state index contributed by atoms with van der Waals surface area (Å²) in [5.41, 5.74) is 1.05. The highest BCUT2D eigenvalue weighted by Crippen LogP contribution is 2.23. The van der Waals surface area contributed by atoms with Crippen LogP contribution in [0.2, 0.25) is 0 Å². The van der Waals surface area contributed by atoms with Crippen LogP contribution in [0.15, 0.2) is 16.8 Å². The van der Waals surface area contributed by atoms with Crippen molar-refractivity contribution in [2.45, 2.75) is 13.3 Å². The van der Waals surface area contributed by atoms with E-state index in [4.69, 9.17) is 5.11 Å². The molecule has 0 aliphatic heterocycles. The lowest BCUT2D eigenvalue weighted by atomic mass is 10.2. The van der Waals surface area contributed by atoms with Crippen molar-refractivity contribution < 1.29 is 14.7 Å². The van der Waals surface area contributed by atoms with Crippen molar-refractivity contribution in [2.75, 3.05) is 11.9 Å². The van der Waals surface area contributed by atoms with E-state index in [1.54, 1.807) is 11.3 Å². The molecular weight excluding hydrogens is 284 g/mol. The van der Waals surface area contributed by atoms with Crippen molar-refractivity contribution in [3.8, 4) is 0 Å². The number of carboxylic acid groups (broad SMARTS) is 1. The lowest BCUT2D eigenvalue weighted by molar-refractivity contribution is 0.0687. The summed E-state index contributed by atoms with van der Waals surface area (Å²) in [6.07, 6.45) is 0.834. The third-order valence-corrected chi connectivity index (χ3v) is 4.27. The lowest BCUT2D eigenvalue weighted by Gasteiger charge is -2.00. The third kappa shape index (κ3) is 3.39. The Morgan fingerprint density at radius 2 is 2.26 bits per heavy atom. The average Bonchev–Trinajstić information content (AvgIpc) is 2.97. The van der Waals surface area contributed by atoms with Gasteiger partial charge in [-0.2, -0.15) is 11.3 Å². The smallest absolute Gasteiger partial charge is 0.356 e. The van der Waals surface area contributed by atoms with E-state index in [1.165, 1.54) is 12.5 Å². The zero-order chi connectivity index (χ0) is 13.8. The fourth-order valence-corrected chi connectivity index (χ4v) is 3.11. The van der Waals surface area contributed by atoms with E-state index in [2.05, 4.69) is 15.7 Å². The maximum absolute atomic E-state index is 11.3. The normalized spacial score (nSPS) is 10.4. The predicted octanol–water partition coefficient (Wildman–Crippen LogP) is 2.76. The van der Waals surface area contributed by atoms with Gasteiger partial charge in [-0.3, -0.25) is 4.79 Å². The van der Waals surface area contributed by atoms with Crippen molar-refractivity contribution in [1.29, 1.82) is 0 Å². The fourth-order valence-electron chi connectivity index (χ4n) is 1.53. The van der Waals surface area contributed by atoms with Gasteiger partial charge in [-0.15, -0.1) is 0 Å². The molecule has 7 heteroatoms. The van der Waals surface area contributed by atoms with Crippen molar-refractivity contribution in [3.63, 3.8) is 0 Å². The molecule has 0 amide bonds. The summed E-state index contributed by atoms with van der Waals surface area (Å²) in [5, 5.41) is 16.6. The van der Waals surface area contributed by atoms with Crippen LogP contribution in [0.3, 0.4) is 0 Å². The molecule has 0 spiro atoms. The Bertz CT molecular complexity index is 559. The molecule has 2 aromatic rings. The minimum atomic E-state index is -1.17. The summed E-state index contributed by atoms with van der Waals surface area (Å²) in [7, 11) is 0. The minimum Gasteiger partial charge on any atom is -0.476 e. The number of nitrogens with one attached hydrogen (secondary N) is 1. The molecule has 0 radical (unpaired) electrons. The SMILES string of the molecule is CC(=O)c1sc(NCCc2ccsc2)nc1C(=O)O. The number of hydrogen-bond donors (Lipinski definition) is 2. The van der Waals surface area contributed by atoms with Gasteiger partial charge < -0.3 is 10.4 Å². The molecule has 19 heavy (non-hydrogen) atoms. The van der Waals surface area contributed by atoms with E-state index in [0.29, 0.717) is 11.7 Å². The summed E-state index contributed by atoms with van der Waals surface area (Å²) < 4.78 is 0. The van der Waals surface area contributed by atoms with Gasteiger partial charge in [0, 0.05) is 13.5 Å². The van der Waals surface area contributed by atoms with E-state index < -0.39 is 5.97 Å². The first-order chi connectivity index (χ1) is 9.08. The van der Waals surface area contributed by atoms with E-state index in [1.807, 2.05) is 11.4 Å². The van der Waals surface area contributed by atoms with E-state index in [9.17, 15) is 9.59 Å². The van der Waals surface area contributed by atoms with Gasteiger partial charge in [0.1, 0.15) is 4.88 Å². The number of anilines is 1. The number of carboxylic acids is 1. The molecule has 2 aromatic heterocycles. The maximum Gasteiger partial charge on any atom is 0.356 e. The zero-order valence-corrected chi connectivity index (χ0v) is 11.8. The van der Waals surface area contributed by atoms with Gasteiger partial charge in [0.25, 0.3) is 0 Å². The molecule has 0 unspecified atom stereocenters. The molecule has 0 aromatic carbocycles. The van der Waals surface area contributed by atoms with Gasteiger partial charge in [0.05, 0.1) is 0 Å². The number of ketones is 1. The quantitative estimate of drug-likeness (QED) is 0.801. The van der Waals surface area contributed by atoms with Crippen molar-refractivity contribution in [3.05, 3.63) is 33.0 Å². The Hall–Kier alpha value is -1.73. The molecule has 0 bridgehead atoms. The highest BCUT2D eigenvalue weighted by molar-refractivity contribution is 7.17. The van der Waals surface area contributed by atoms with Crippen molar-refractivity contribution in [2.24, 2.45) is 0 Å². The van der Waals surface area contributed by atoms with Gasteiger partial charge in [-0.05, 0) is 28.8 Å². The number of hydrogen-bond acceptors (Lipinski definition) is 6. The molecule has 0 saturated carbocycles. The molecule has 2 rings (SSSR count). The van der Waals surface area contributed by atoms with Gasteiger partial charge in [0.2, 0.25) is 0 Å². The van der Waals surface area contributed by atoms with Crippen LogP contribution in [0.5, 0.6) is 0 Å². The number of rotatable bonds is 6. The molecule has 0 aliphatic rings. The number of thiophene rings is 1. The Kier molecular flexibility index (Phi) is 4.28. The topological polar surface area (TPSA) is 79.3 Å². The molecule has 5 nitrogen and oxygen atoms in total. The van der Waals surface area contributed by atoms with Crippen molar-refractivity contribution in [1.82, 2.24) is 4.98 Å². The first-order valence-corrected chi connectivity index (χ1v) is 7.34. The summed E-state index contributed by atoms with van der Waals surface area (Å²) >= 11 is 2.72. The Morgan fingerprint density at radius 3 is 2.79 bits per heavy atom. The summed E-state index contributed by atoms with van der Waals surface area (Å²) in [5.74, 6) is -1.45. The molecule has 2 N–H and O–H groups in total. The van der Waals surface area contributed by atoms with Gasteiger partial charge in [0.15, 0.2) is 16.6 Å². The summed E-state index contributed by atoms with van der Waals surface area (Å²) in [6, 6.07) is 2.04. The molecular formula is C12H12N2O3S2. The maximum atomic E-state index is 11.3. The van der Waals surface area contributed by atoms with Gasteiger partial charge >= 0.3 is 5.97 Å². The first kappa shape index (κ1) is 13.7.